The highest BCUT2D eigenvalue weighted by molar-refractivity contribution is 7.80. The van der Waals surface area contributed by atoms with Gasteiger partial charge in [0.25, 0.3) is 0 Å². The van der Waals surface area contributed by atoms with Gasteiger partial charge in [0.1, 0.15) is 6.04 Å². The monoisotopic (exact) mass is 244 g/mol. The van der Waals surface area contributed by atoms with Crippen molar-refractivity contribution >= 4 is 24.4 Å². The van der Waals surface area contributed by atoms with Crippen LogP contribution in [0, 0.1) is 5.92 Å². The highest BCUT2D eigenvalue weighted by atomic mass is 32.1. The van der Waals surface area contributed by atoms with Gasteiger partial charge in [-0.3, -0.25) is 9.59 Å². The first kappa shape index (κ1) is 13.4. The summed E-state index contributed by atoms with van der Waals surface area (Å²) < 4.78 is 0. The van der Waals surface area contributed by atoms with Crippen LogP contribution in [-0.4, -0.2) is 29.7 Å². The Morgan fingerprint density at radius 3 is 2.44 bits per heavy atom. The SMILES string of the molecule is CC(=O)NC(CS)C(=O)NC(C)CC1CC1. The van der Waals surface area contributed by atoms with Crippen molar-refractivity contribution in [2.45, 2.75) is 45.2 Å². The zero-order valence-corrected chi connectivity index (χ0v) is 10.7. The summed E-state index contributed by atoms with van der Waals surface area (Å²) in [6, 6.07) is -0.348. The summed E-state index contributed by atoms with van der Waals surface area (Å²) in [5, 5.41) is 5.48. The summed E-state index contributed by atoms with van der Waals surface area (Å²) in [6.07, 6.45) is 3.59. The first-order valence-electron chi connectivity index (χ1n) is 5.71. The third-order valence-electron chi connectivity index (χ3n) is 2.65. The van der Waals surface area contributed by atoms with Crippen LogP contribution in [0.5, 0.6) is 0 Å². The van der Waals surface area contributed by atoms with E-state index in [-0.39, 0.29) is 17.9 Å². The van der Waals surface area contributed by atoms with Crippen molar-refractivity contribution < 1.29 is 9.59 Å². The fraction of sp³-hybridized carbons (Fsp3) is 0.818. The zero-order chi connectivity index (χ0) is 12.1. The Morgan fingerprint density at radius 2 is 2.00 bits per heavy atom. The standard InChI is InChI=1S/C11H20N2O2S/c1-7(5-9-3-4-9)12-11(15)10(6-16)13-8(2)14/h7,9-10,16H,3-6H2,1-2H3,(H,12,15)(H,13,14). The van der Waals surface area contributed by atoms with E-state index >= 15 is 0 Å². The van der Waals surface area contributed by atoms with Crippen LogP contribution < -0.4 is 10.6 Å². The smallest absolute Gasteiger partial charge is 0.243 e. The van der Waals surface area contributed by atoms with Gasteiger partial charge in [0.2, 0.25) is 11.8 Å². The predicted octanol–water partition coefficient (Wildman–Crippen LogP) is 0.726. The van der Waals surface area contributed by atoms with Crippen LogP contribution >= 0.6 is 12.6 Å². The molecule has 0 aliphatic heterocycles. The van der Waals surface area contributed by atoms with E-state index in [9.17, 15) is 9.59 Å². The van der Waals surface area contributed by atoms with Crippen molar-refractivity contribution in [2.24, 2.45) is 5.92 Å². The fourth-order valence-corrected chi connectivity index (χ4v) is 1.95. The number of hydrogen-bond donors (Lipinski definition) is 3. The minimum atomic E-state index is -0.525. The van der Waals surface area contributed by atoms with Crippen LogP contribution in [-0.2, 0) is 9.59 Å². The van der Waals surface area contributed by atoms with E-state index in [2.05, 4.69) is 23.3 Å². The number of hydrogen-bond acceptors (Lipinski definition) is 3. The van der Waals surface area contributed by atoms with E-state index < -0.39 is 6.04 Å². The lowest BCUT2D eigenvalue weighted by Gasteiger charge is -2.19. The molecule has 0 aromatic heterocycles. The first-order chi connectivity index (χ1) is 7.52. The molecule has 2 unspecified atom stereocenters. The van der Waals surface area contributed by atoms with Gasteiger partial charge in [-0.05, 0) is 19.3 Å². The number of amides is 2. The van der Waals surface area contributed by atoms with Gasteiger partial charge >= 0.3 is 0 Å². The largest absolute Gasteiger partial charge is 0.352 e. The Balaban J connectivity index is 2.31. The van der Waals surface area contributed by atoms with Crippen molar-refractivity contribution in [3.05, 3.63) is 0 Å². The molecule has 0 spiro atoms. The fourth-order valence-electron chi connectivity index (χ4n) is 1.70. The second-order valence-electron chi connectivity index (χ2n) is 4.52. The maximum absolute atomic E-state index is 11.7. The molecule has 1 fully saturated rings. The molecule has 2 N–H and O–H groups in total. The molecule has 0 saturated heterocycles. The number of nitrogens with one attached hydrogen (secondary N) is 2. The third-order valence-corrected chi connectivity index (χ3v) is 3.01. The van der Waals surface area contributed by atoms with E-state index in [4.69, 9.17) is 0 Å². The average molecular weight is 244 g/mol. The van der Waals surface area contributed by atoms with Crippen molar-refractivity contribution in [1.29, 1.82) is 0 Å². The van der Waals surface area contributed by atoms with E-state index in [0.29, 0.717) is 5.75 Å². The highest BCUT2D eigenvalue weighted by Gasteiger charge is 2.25. The normalized spacial score (nSPS) is 18.7. The molecule has 0 bridgehead atoms. The van der Waals surface area contributed by atoms with Gasteiger partial charge in [-0.2, -0.15) is 12.6 Å². The van der Waals surface area contributed by atoms with E-state index in [0.717, 1.165) is 12.3 Å². The number of carbonyl (C=O) groups excluding carboxylic acids is 2. The predicted molar refractivity (Wildman–Crippen MR) is 66.4 cm³/mol. The number of thiol groups is 1. The summed E-state index contributed by atoms with van der Waals surface area (Å²) >= 11 is 4.06. The molecule has 0 aromatic rings. The van der Waals surface area contributed by atoms with Gasteiger partial charge in [-0.25, -0.2) is 0 Å². The Hall–Kier alpha value is -0.710. The third kappa shape index (κ3) is 4.88. The van der Waals surface area contributed by atoms with Crippen molar-refractivity contribution in [3.8, 4) is 0 Å². The lowest BCUT2D eigenvalue weighted by atomic mass is 10.1. The molecule has 1 rings (SSSR count). The molecule has 2 atom stereocenters. The second-order valence-corrected chi connectivity index (χ2v) is 4.89. The summed E-state index contributed by atoms with van der Waals surface area (Å²) in [7, 11) is 0. The van der Waals surface area contributed by atoms with Gasteiger partial charge in [-0.1, -0.05) is 12.8 Å². The van der Waals surface area contributed by atoms with Crippen LogP contribution in [0.3, 0.4) is 0 Å². The average Bonchev–Trinajstić information content (AvgIpc) is 2.97. The second kappa shape index (κ2) is 6.13. The van der Waals surface area contributed by atoms with Crippen LogP contribution in [0.15, 0.2) is 0 Å². The number of rotatable bonds is 6. The van der Waals surface area contributed by atoms with E-state index in [1.165, 1.54) is 19.8 Å². The summed E-state index contributed by atoms with van der Waals surface area (Å²) in [4.78, 5) is 22.6. The maximum Gasteiger partial charge on any atom is 0.243 e. The topological polar surface area (TPSA) is 58.2 Å². The van der Waals surface area contributed by atoms with Gasteiger partial charge in [0.15, 0.2) is 0 Å². The molecule has 4 nitrogen and oxygen atoms in total. The van der Waals surface area contributed by atoms with Crippen LogP contribution in [0.4, 0.5) is 0 Å². The van der Waals surface area contributed by atoms with Crippen molar-refractivity contribution in [1.82, 2.24) is 10.6 Å². The van der Waals surface area contributed by atoms with Crippen LogP contribution in [0.25, 0.3) is 0 Å². The van der Waals surface area contributed by atoms with Crippen LogP contribution in [0.1, 0.15) is 33.1 Å². The molecule has 5 heteroatoms. The molecule has 92 valence electrons. The summed E-state index contributed by atoms with van der Waals surface area (Å²) in [5.41, 5.74) is 0. The molecule has 1 saturated carbocycles. The molecule has 16 heavy (non-hydrogen) atoms. The molecule has 1 aliphatic rings. The Morgan fingerprint density at radius 1 is 1.38 bits per heavy atom. The van der Waals surface area contributed by atoms with Gasteiger partial charge in [0, 0.05) is 18.7 Å². The minimum Gasteiger partial charge on any atom is -0.352 e. The summed E-state index contributed by atoms with van der Waals surface area (Å²) in [5.74, 6) is 0.759. The van der Waals surface area contributed by atoms with Crippen molar-refractivity contribution in [3.63, 3.8) is 0 Å². The first-order valence-corrected chi connectivity index (χ1v) is 6.34. The molecular weight excluding hydrogens is 224 g/mol. The molecule has 0 radical (unpaired) electrons. The molecule has 2 amide bonds. The van der Waals surface area contributed by atoms with Gasteiger partial charge in [0.05, 0.1) is 0 Å². The number of carbonyl (C=O) groups is 2. The molecule has 0 heterocycles. The lowest BCUT2D eigenvalue weighted by Crippen LogP contribution is -2.49. The Bertz CT molecular complexity index is 267. The van der Waals surface area contributed by atoms with E-state index in [1.54, 1.807) is 0 Å². The molecule has 1 aliphatic carbocycles. The Labute approximate surface area is 102 Å². The molecular formula is C11H20N2O2S. The van der Waals surface area contributed by atoms with Crippen LogP contribution in [0.2, 0.25) is 0 Å². The zero-order valence-electron chi connectivity index (χ0n) is 9.82. The lowest BCUT2D eigenvalue weighted by molar-refractivity contribution is -0.127. The Kier molecular flexibility index (Phi) is 5.12. The minimum absolute atomic E-state index is 0.140. The highest BCUT2D eigenvalue weighted by Crippen LogP contribution is 2.33. The van der Waals surface area contributed by atoms with E-state index in [1.807, 2.05) is 6.92 Å². The molecule has 0 aromatic carbocycles. The van der Waals surface area contributed by atoms with Gasteiger partial charge in [-0.15, -0.1) is 0 Å². The maximum atomic E-state index is 11.7. The van der Waals surface area contributed by atoms with Gasteiger partial charge < -0.3 is 10.6 Å². The quantitative estimate of drug-likeness (QED) is 0.603. The van der Waals surface area contributed by atoms with Crippen molar-refractivity contribution in [2.75, 3.05) is 5.75 Å². The summed E-state index contributed by atoms with van der Waals surface area (Å²) in [6.45, 7) is 3.40.